The predicted molar refractivity (Wildman–Crippen MR) is 55.3 cm³/mol. The molecule has 2 aromatic carbocycles. The van der Waals surface area contributed by atoms with Crippen LogP contribution < -0.4 is 5.73 Å². The molecule has 0 atom stereocenters. The van der Waals surface area contributed by atoms with Gasteiger partial charge in [-0.2, -0.15) is 0 Å². The molecule has 0 bridgehead atoms. The minimum atomic E-state index is -0.950. The molecule has 0 saturated heterocycles. The summed E-state index contributed by atoms with van der Waals surface area (Å²) in [5.74, 6) is -0.950. The molecule has 2 aromatic rings. The van der Waals surface area contributed by atoms with Gasteiger partial charge in [-0.25, -0.2) is 4.79 Å². The highest BCUT2D eigenvalue weighted by atomic mass is 16.4. The molecule has 0 heterocycles. The average Bonchev–Trinajstić information content (AvgIpc) is 2.17. The Balaban J connectivity index is 2.91. The summed E-state index contributed by atoms with van der Waals surface area (Å²) in [7, 11) is 0. The van der Waals surface area contributed by atoms with Crippen molar-refractivity contribution in [3.8, 4) is 0 Å². The van der Waals surface area contributed by atoms with E-state index in [2.05, 4.69) is 0 Å². The molecule has 0 aliphatic carbocycles. The molecule has 3 N–H and O–H groups in total. The van der Waals surface area contributed by atoms with Gasteiger partial charge < -0.3 is 10.8 Å². The number of anilines is 1. The van der Waals surface area contributed by atoms with Crippen LogP contribution in [0.5, 0.6) is 0 Å². The molecule has 14 heavy (non-hydrogen) atoms. The summed E-state index contributed by atoms with van der Waals surface area (Å²) in [6.07, 6.45) is 0. The number of carboxylic acids is 1. The number of fused-ring (bicyclic) bond motifs is 1. The fraction of sp³-hybridized carbons (Fsp3) is 0. The largest absolute Gasteiger partial charge is 0.478 e. The summed E-state index contributed by atoms with van der Waals surface area (Å²) in [5.41, 5.74) is 6.48. The molecule has 0 saturated carbocycles. The monoisotopic (exact) mass is 187 g/mol. The molecule has 0 fully saturated rings. The lowest BCUT2D eigenvalue weighted by Gasteiger charge is -2.04. The van der Waals surface area contributed by atoms with E-state index in [-0.39, 0.29) is 5.56 Å². The van der Waals surface area contributed by atoms with Crippen LogP contribution >= 0.6 is 0 Å². The van der Waals surface area contributed by atoms with Gasteiger partial charge in [0.1, 0.15) is 0 Å². The summed E-state index contributed by atoms with van der Waals surface area (Å²) in [5, 5.41) is 10.4. The van der Waals surface area contributed by atoms with Crippen LogP contribution in [0.4, 0.5) is 5.69 Å². The van der Waals surface area contributed by atoms with Gasteiger partial charge in [0.05, 0.1) is 5.56 Å². The molecule has 0 spiro atoms. The zero-order chi connectivity index (χ0) is 10.1. The number of hydrogen-bond acceptors (Lipinski definition) is 2. The molecule has 3 heteroatoms. The summed E-state index contributed by atoms with van der Waals surface area (Å²) in [4.78, 5) is 10.9. The van der Waals surface area contributed by atoms with Crippen LogP contribution in [-0.2, 0) is 0 Å². The molecule has 0 unspecified atom stereocenters. The number of nitrogen functional groups attached to an aromatic ring is 1. The number of nitrogens with two attached hydrogens (primary N) is 1. The van der Waals surface area contributed by atoms with E-state index in [0.717, 1.165) is 5.39 Å². The molecule has 0 aromatic heterocycles. The number of aromatic carboxylic acids is 1. The van der Waals surface area contributed by atoms with Crippen molar-refractivity contribution in [3.05, 3.63) is 42.0 Å². The van der Waals surface area contributed by atoms with Crippen molar-refractivity contribution in [2.24, 2.45) is 0 Å². The Bertz CT molecular complexity index is 500. The first-order valence-electron chi connectivity index (χ1n) is 4.20. The van der Waals surface area contributed by atoms with Crippen molar-refractivity contribution < 1.29 is 9.90 Å². The Hall–Kier alpha value is -2.03. The van der Waals surface area contributed by atoms with Gasteiger partial charge in [0, 0.05) is 11.1 Å². The number of benzene rings is 2. The molecular weight excluding hydrogens is 178 g/mol. The summed E-state index contributed by atoms with van der Waals surface area (Å²) < 4.78 is 0. The summed E-state index contributed by atoms with van der Waals surface area (Å²) >= 11 is 0. The standard InChI is InChI=1S/C11H9NO2/c12-9-6-2-4-7-3-1-5-8(10(7)9)11(13)14/h1-6H,12H2,(H,13,14). The maximum absolute atomic E-state index is 10.9. The van der Waals surface area contributed by atoms with Crippen molar-refractivity contribution >= 4 is 22.4 Å². The van der Waals surface area contributed by atoms with Crippen molar-refractivity contribution in [3.63, 3.8) is 0 Å². The Morgan fingerprint density at radius 2 is 1.79 bits per heavy atom. The Kier molecular flexibility index (Phi) is 1.85. The summed E-state index contributed by atoms with van der Waals surface area (Å²) in [6.45, 7) is 0. The van der Waals surface area contributed by atoms with E-state index in [1.54, 1.807) is 18.2 Å². The first-order valence-corrected chi connectivity index (χ1v) is 4.20. The van der Waals surface area contributed by atoms with Crippen LogP contribution in [0.2, 0.25) is 0 Å². The minimum Gasteiger partial charge on any atom is -0.478 e. The zero-order valence-corrected chi connectivity index (χ0v) is 7.40. The molecule has 0 radical (unpaired) electrons. The van der Waals surface area contributed by atoms with Crippen LogP contribution in [0.1, 0.15) is 10.4 Å². The van der Waals surface area contributed by atoms with Gasteiger partial charge in [0.15, 0.2) is 0 Å². The lowest BCUT2D eigenvalue weighted by molar-refractivity contribution is 0.0699. The average molecular weight is 187 g/mol. The van der Waals surface area contributed by atoms with Crippen molar-refractivity contribution in [1.29, 1.82) is 0 Å². The van der Waals surface area contributed by atoms with Gasteiger partial charge in [-0.15, -0.1) is 0 Å². The van der Waals surface area contributed by atoms with Crippen LogP contribution in [0, 0.1) is 0 Å². The third-order valence-corrected chi connectivity index (χ3v) is 2.17. The number of carboxylic acid groups (broad SMARTS) is 1. The highest BCUT2D eigenvalue weighted by Crippen LogP contribution is 2.24. The van der Waals surface area contributed by atoms with Gasteiger partial charge in [0.2, 0.25) is 0 Å². The number of carbonyl (C=O) groups is 1. The smallest absolute Gasteiger partial charge is 0.336 e. The molecule has 2 rings (SSSR count). The SMILES string of the molecule is Nc1cccc2cccc(C(=O)O)c12. The quantitative estimate of drug-likeness (QED) is 0.672. The highest BCUT2D eigenvalue weighted by molar-refractivity contribution is 6.08. The van der Waals surface area contributed by atoms with Gasteiger partial charge in [-0.1, -0.05) is 24.3 Å². The summed E-state index contributed by atoms with van der Waals surface area (Å²) in [6, 6.07) is 10.5. The topological polar surface area (TPSA) is 63.3 Å². The van der Waals surface area contributed by atoms with E-state index in [0.29, 0.717) is 11.1 Å². The molecule has 70 valence electrons. The fourth-order valence-corrected chi connectivity index (χ4v) is 1.55. The van der Waals surface area contributed by atoms with E-state index in [1.807, 2.05) is 18.2 Å². The van der Waals surface area contributed by atoms with Gasteiger partial charge in [-0.3, -0.25) is 0 Å². The second-order valence-corrected chi connectivity index (χ2v) is 3.06. The van der Waals surface area contributed by atoms with Crippen LogP contribution in [0.25, 0.3) is 10.8 Å². The molecule has 3 nitrogen and oxygen atoms in total. The molecule has 0 aliphatic rings. The first-order chi connectivity index (χ1) is 6.70. The van der Waals surface area contributed by atoms with Crippen LogP contribution in [0.3, 0.4) is 0 Å². The number of rotatable bonds is 1. The minimum absolute atomic E-state index is 0.251. The van der Waals surface area contributed by atoms with E-state index in [9.17, 15) is 4.79 Å². The van der Waals surface area contributed by atoms with Crippen LogP contribution in [0.15, 0.2) is 36.4 Å². The lowest BCUT2D eigenvalue weighted by atomic mass is 10.0. The normalized spacial score (nSPS) is 10.3. The fourth-order valence-electron chi connectivity index (χ4n) is 1.55. The predicted octanol–water partition coefficient (Wildman–Crippen LogP) is 2.12. The molecular formula is C11H9NO2. The highest BCUT2D eigenvalue weighted by Gasteiger charge is 2.09. The van der Waals surface area contributed by atoms with Gasteiger partial charge in [0.25, 0.3) is 0 Å². The van der Waals surface area contributed by atoms with Crippen molar-refractivity contribution in [2.75, 3.05) is 5.73 Å². The van der Waals surface area contributed by atoms with Gasteiger partial charge in [-0.05, 0) is 17.5 Å². The molecule has 0 aliphatic heterocycles. The van der Waals surface area contributed by atoms with Gasteiger partial charge >= 0.3 is 5.97 Å². The van der Waals surface area contributed by atoms with Crippen molar-refractivity contribution in [1.82, 2.24) is 0 Å². The van der Waals surface area contributed by atoms with E-state index in [4.69, 9.17) is 10.8 Å². The van der Waals surface area contributed by atoms with Crippen molar-refractivity contribution in [2.45, 2.75) is 0 Å². The lowest BCUT2D eigenvalue weighted by Crippen LogP contribution is -1.99. The van der Waals surface area contributed by atoms with E-state index >= 15 is 0 Å². The van der Waals surface area contributed by atoms with Crippen LogP contribution in [-0.4, -0.2) is 11.1 Å². The zero-order valence-electron chi connectivity index (χ0n) is 7.40. The molecule has 0 amide bonds. The maximum Gasteiger partial charge on any atom is 0.336 e. The van der Waals surface area contributed by atoms with E-state index in [1.165, 1.54) is 0 Å². The second-order valence-electron chi connectivity index (χ2n) is 3.06. The maximum atomic E-state index is 10.9. The first kappa shape index (κ1) is 8.56. The Morgan fingerprint density at radius 3 is 2.43 bits per heavy atom. The Morgan fingerprint density at radius 1 is 1.14 bits per heavy atom. The number of hydrogen-bond donors (Lipinski definition) is 2. The Labute approximate surface area is 80.8 Å². The second kappa shape index (κ2) is 3.03. The third-order valence-electron chi connectivity index (χ3n) is 2.17. The third kappa shape index (κ3) is 1.19. The van der Waals surface area contributed by atoms with E-state index < -0.39 is 5.97 Å².